The molecule has 3 heterocycles. The maximum atomic E-state index is 14.3. The van der Waals surface area contributed by atoms with E-state index in [1.807, 2.05) is 0 Å². The number of halogens is 1. The van der Waals surface area contributed by atoms with Crippen LogP contribution in [0, 0.1) is 5.82 Å². The molecule has 0 amide bonds. The molecule has 0 radical (unpaired) electrons. The summed E-state index contributed by atoms with van der Waals surface area (Å²) in [5.74, 6) is -0.0239. The summed E-state index contributed by atoms with van der Waals surface area (Å²) in [6.45, 7) is 3.26. The Labute approximate surface area is 148 Å². The molecule has 0 bridgehead atoms. The van der Waals surface area contributed by atoms with Gasteiger partial charge >= 0.3 is 0 Å². The molecule has 1 N–H and O–H groups in total. The Hall–Kier alpha value is -3.26. The van der Waals surface area contributed by atoms with Gasteiger partial charge in [-0.1, -0.05) is 0 Å². The van der Waals surface area contributed by atoms with E-state index in [0.717, 1.165) is 5.56 Å². The van der Waals surface area contributed by atoms with Crippen LogP contribution in [0.3, 0.4) is 0 Å². The number of hydrogen-bond donors (Lipinski definition) is 1. The number of aromatic nitrogens is 6. The van der Waals surface area contributed by atoms with E-state index in [2.05, 4.69) is 25.0 Å². The Balaban J connectivity index is 1.84. The SMILES string of the molecule is CC(C)(O)c1cnn2c(-c3ccc(F)c(-c4ccncn4)c3)cnc2n1. The van der Waals surface area contributed by atoms with Crippen molar-refractivity contribution in [3.05, 3.63) is 60.7 Å². The summed E-state index contributed by atoms with van der Waals surface area (Å²) in [4.78, 5) is 16.5. The van der Waals surface area contributed by atoms with Crippen LogP contribution >= 0.6 is 0 Å². The second-order valence-electron chi connectivity index (χ2n) is 6.35. The molecule has 0 spiro atoms. The lowest BCUT2D eigenvalue weighted by Gasteiger charge is -2.15. The van der Waals surface area contributed by atoms with Gasteiger partial charge in [-0.3, -0.25) is 0 Å². The van der Waals surface area contributed by atoms with Crippen LogP contribution in [0.5, 0.6) is 0 Å². The molecular weight excluding hydrogens is 335 g/mol. The molecule has 3 aromatic heterocycles. The first kappa shape index (κ1) is 16.2. The number of nitrogens with zero attached hydrogens (tertiary/aromatic N) is 6. The Morgan fingerprint density at radius 1 is 1.12 bits per heavy atom. The Bertz CT molecular complexity index is 1090. The van der Waals surface area contributed by atoms with Crippen molar-refractivity contribution in [2.45, 2.75) is 19.4 Å². The van der Waals surface area contributed by atoms with Gasteiger partial charge in [0.1, 0.15) is 17.7 Å². The van der Waals surface area contributed by atoms with Gasteiger partial charge in [0.25, 0.3) is 5.78 Å². The number of rotatable bonds is 3. The maximum Gasteiger partial charge on any atom is 0.251 e. The third-order valence-electron chi connectivity index (χ3n) is 3.98. The molecule has 0 saturated carbocycles. The average Bonchev–Trinajstić information content (AvgIpc) is 3.05. The van der Waals surface area contributed by atoms with Crippen LogP contribution in [0.15, 0.2) is 49.2 Å². The quantitative estimate of drug-likeness (QED) is 0.611. The van der Waals surface area contributed by atoms with Crippen molar-refractivity contribution >= 4 is 5.78 Å². The molecular formula is C18H15FN6O. The third kappa shape index (κ3) is 2.80. The number of fused-ring (bicyclic) bond motifs is 1. The van der Waals surface area contributed by atoms with Crippen LogP contribution in [0.4, 0.5) is 4.39 Å². The molecule has 26 heavy (non-hydrogen) atoms. The fourth-order valence-electron chi connectivity index (χ4n) is 2.60. The van der Waals surface area contributed by atoms with Crippen molar-refractivity contribution in [1.29, 1.82) is 0 Å². The van der Waals surface area contributed by atoms with Crippen LogP contribution in [-0.2, 0) is 5.60 Å². The Morgan fingerprint density at radius 3 is 2.69 bits per heavy atom. The number of aliphatic hydroxyl groups is 1. The fraction of sp³-hybridized carbons (Fsp3) is 0.167. The topological polar surface area (TPSA) is 89.1 Å². The number of imidazole rings is 1. The molecule has 1 aromatic carbocycles. The van der Waals surface area contributed by atoms with E-state index in [9.17, 15) is 9.50 Å². The molecule has 0 atom stereocenters. The zero-order valence-electron chi connectivity index (χ0n) is 14.1. The maximum absolute atomic E-state index is 14.3. The van der Waals surface area contributed by atoms with Crippen molar-refractivity contribution < 1.29 is 9.50 Å². The highest BCUT2D eigenvalue weighted by Gasteiger charge is 2.20. The fourth-order valence-corrected chi connectivity index (χ4v) is 2.60. The minimum absolute atomic E-state index is 0.354. The first-order chi connectivity index (χ1) is 12.4. The van der Waals surface area contributed by atoms with Crippen LogP contribution in [0.1, 0.15) is 19.5 Å². The molecule has 0 fully saturated rings. The predicted molar refractivity (Wildman–Crippen MR) is 92.4 cm³/mol. The summed E-state index contributed by atoms with van der Waals surface area (Å²) < 4.78 is 15.8. The van der Waals surface area contributed by atoms with Crippen molar-refractivity contribution in [1.82, 2.24) is 29.5 Å². The lowest BCUT2D eigenvalue weighted by molar-refractivity contribution is 0.0734. The second kappa shape index (κ2) is 5.92. The zero-order chi connectivity index (χ0) is 18.3. The monoisotopic (exact) mass is 350 g/mol. The highest BCUT2D eigenvalue weighted by Crippen LogP contribution is 2.28. The largest absolute Gasteiger partial charge is 0.384 e. The lowest BCUT2D eigenvalue weighted by atomic mass is 10.1. The van der Waals surface area contributed by atoms with E-state index in [1.165, 1.54) is 18.6 Å². The normalized spacial score (nSPS) is 11.8. The highest BCUT2D eigenvalue weighted by atomic mass is 19.1. The molecule has 0 aliphatic carbocycles. The van der Waals surface area contributed by atoms with Crippen LogP contribution in [0.2, 0.25) is 0 Å². The Morgan fingerprint density at radius 2 is 1.96 bits per heavy atom. The number of hydrogen-bond acceptors (Lipinski definition) is 6. The summed E-state index contributed by atoms with van der Waals surface area (Å²) in [6, 6.07) is 6.36. The van der Waals surface area contributed by atoms with Crippen molar-refractivity contribution in [3.63, 3.8) is 0 Å². The van der Waals surface area contributed by atoms with Gasteiger partial charge in [-0.15, -0.1) is 0 Å². The summed E-state index contributed by atoms with van der Waals surface area (Å²) in [5.41, 5.74) is 1.53. The summed E-state index contributed by atoms with van der Waals surface area (Å²) >= 11 is 0. The van der Waals surface area contributed by atoms with Gasteiger partial charge in [-0.05, 0) is 38.1 Å². The van der Waals surface area contributed by atoms with Crippen molar-refractivity contribution in [2.75, 3.05) is 0 Å². The Kier molecular flexibility index (Phi) is 3.69. The molecule has 0 aliphatic rings. The predicted octanol–water partition coefficient (Wildman–Crippen LogP) is 2.61. The number of benzene rings is 1. The first-order valence-electron chi connectivity index (χ1n) is 7.93. The van der Waals surface area contributed by atoms with Gasteiger partial charge in [0.2, 0.25) is 0 Å². The molecule has 4 aromatic rings. The van der Waals surface area contributed by atoms with E-state index in [-0.39, 0.29) is 5.82 Å². The molecule has 0 aliphatic heterocycles. The molecule has 4 rings (SSSR count). The molecule has 130 valence electrons. The van der Waals surface area contributed by atoms with Gasteiger partial charge in [-0.25, -0.2) is 24.3 Å². The van der Waals surface area contributed by atoms with E-state index < -0.39 is 5.60 Å². The average molecular weight is 350 g/mol. The van der Waals surface area contributed by atoms with Crippen LogP contribution in [0.25, 0.3) is 28.3 Å². The smallest absolute Gasteiger partial charge is 0.251 e. The van der Waals surface area contributed by atoms with Gasteiger partial charge in [0, 0.05) is 17.3 Å². The first-order valence-corrected chi connectivity index (χ1v) is 7.93. The minimum Gasteiger partial charge on any atom is -0.384 e. The van der Waals surface area contributed by atoms with Crippen LogP contribution in [-0.4, -0.2) is 34.7 Å². The highest BCUT2D eigenvalue weighted by molar-refractivity contribution is 5.70. The molecule has 7 nitrogen and oxygen atoms in total. The lowest BCUT2D eigenvalue weighted by Crippen LogP contribution is -2.19. The standard InChI is InChI=1S/C18H15FN6O/c1-18(2,26)16-9-23-25-15(8-21-17(25)24-16)11-3-4-13(19)12(7-11)14-5-6-20-10-22-14/h3-10,26H,1-2H3. The van der Waals surface area contributed by atoms with Gasteiger partial charge in [-0.2, -0.15) is 9.61 Å². The summed E-state index contributed by atoms with van der Waals surface area (Å²) in [5, 5.41) is 14.4. The van der Waals surface area contributed by atoms with E-state index >= 15 is 0 Å². The molecule has 0 unspecified atom stereocenters. The van der Waals surface area contributed by atoms with Gasteiger partial charge in [0.05, 0.1) is 29.5 Å². The van der Waals surface area contributed by atoms with Crippen molar-refractivity contribution in [3.8, 4) is 22.5 Å². The summed E-state index contributed by atoms with van der Waals surface area (Å²) in [6.07, 6.45) is 6.04. The van der Waals surface area contributed by atoms with E-state index in [1.54, 1.807) is 49.0 Å². The minimum atomic E-state index is -1.11. The van der Waals surface area contributed by atoms with E-state index in [4.69, 9.17) is 0 Å². The summed E-state index contributed by atoms with van der Waals surface area (Å²) in [7, 11) is 0. The second-order valence-corrected chi connectivity index (χ2v) is 6.35. The molecule has 8 heteroatoms. The molecule has 0 saturated heterocycles. The van der Waals surface area contributed by atoms with Gasteiger partial charge < -0.3 is 5.11 Å². The van der Waals surface area contributed by atoms with Crippen LogP contribution < -0.4 is 0 Å². The van der Waals surface area contributed by atoms with E-state index in [0.29, 0.717) is 28.4 Å². The van der Waals surface area contributed by atoms with Gasteiger partial charge in [0.15, 0.2) is 0 Å². The third-order valence-corrected chi connectivity index (χ3v) is 3.98. The zero-order valence-corrected chi connectivity index (χ0v) is 14.1. The van der Waals surface area contributed by atoms with Crippen molar-refractivity contribution in [2.24, 2.45) is 0 Å².